The van der Waals surface area contributed by atoms with Crippen LogP contribution < -0.4 is 0 Å². The lowest BCUT2D eigenvalue weighted by Crippen LogP contribution is -2.48. The highest BCUT2D eigenvalue weighted by Crippen LogP contribution is 2.35. The van der Waals surface area contributed by atoms with Crippen LogP contribution in [0.25, 0.3) is 0 Å². The van der Waals surface area contributed by atoms with E-state index in [2.05, 4.69) is 42.2 Å². The van der Waals surface area contributed by atoms with Crippen molar-refractivity contribution in [3.63, 3.8) is 0 Å². The van der Waals surface area contributed by atoms with Crippen molar-refractivity contribution in [3.05, 3.63) is 35.9 Å². The van der Waals surface area contributed by atoms with Gasteiger partial charge in [-0.05, 0) is 37.3 Å². The van der Waals surface area contributed by atoms with E-state index in [1.807, 2.05) is 0 Å². The van der Waals surface area contributed by atoms with E-state index >= 15 is 0 Å². The van der Waals surface area contributed by atoms with Crippen LogP contribution in [0.3, 0.4) is 0 Å². The first-order valence-corrected chi connectivity index (χ1v) is 7.72. The topological polar surface area (TPSA) is 32.7 Å². The first kappa shape index (κ1) is 15.5. The molecule has 0 spiro atoms. The molecule has 2 rings (SSSR count). The Kier molecular flexibility index (Phi) is 6.02. The van der Waals surface area contributed by atoms with Crippen molar-refractivity contribution in [1.29, 1.82) is 0 Å². The van der Waals surface area contributed by atoms with E-state index < -0.39 is 0 Å². The van der Waals surface area contributed by atoms with E-state index in [1.54, 1.807) is 7.11 Å². The van der Waals surface area contributed by atoms with Gasteiger partial charge in [0.25, 0.3) is 0 Å². The van der Waals surface area contributed by atoms with Crippen molar-refractivity contribution in [2.24, 2.45) is 0 Å². The zero-order chi connectivity index (χ0) is 14.4. The summed E-state index contributed by atoms with van der Waals surface area (Å²) in [4.78, 5) is 2.36. The molecule has 1 aliphatic carbocycles. The van der Waals surface area contributed by atoms with Gasteiger partial charge in [0, 0.05) is 19.7 Å². The van der Waals surface area contributed by atoms with Crippen LogP contribution in [-0.2, 0) is 4.74 Å². The number of hydrogen-bond donors (Lipinski definition) is 1. The summed E-state index contributed by atoms with van der Waals surface area (Å²) in [5.41, 5.74) is 1.41. The first-order chi connectivity index (χ1) is 9.76. The number of likely N-dealkylation sites (N-methyl/N-ethyl adjacent to an activating group) is 1. The minimum absolute atomic E-state index is 0.202. The third kappa shape index (κ3) is 3.81. The number of aliphatic hydroxyl groups is 1. The van der Waals surface area contributed by atoms with Crippen molar-refractivity contribution < 1.29 is 9.84 Å². The van der Waals surface area contributed by atoms with Crippen LogP contribution in [0, 0.1) is 0 Å². The molecule has 1 aliphatic rings. The maximum Gasteiger partial charge on any atom is 0.0695 e. The number of rotatable bonds is 6. The maximum atomic E-state index is 10.4. The summed E-state index contributed by atoms with van der Waals surface area (Å²) >= 11 is 0. The predicted octanol–water partition coefficient (Wildman–Crippen LogP) is 2.65. The fraction of sp³-hybridized carbons (Fsp3) is 0.647. The van der Waals surface area contributed by atoms with E-state index in [1.165, 1.54) is 5.56 Å². The summed E-state index contributed by atoms with van der Waals surface area (Å²) in [7, 11) is 1.73. The second-order valence-electron chi connectivity index (χ2n) is 5.68. The number of hydrogen-bond acceptors (Lipinski definition) is 3. The van der Waals surface area contributed by atoms with E-state index in [4.69, 9.17) is 4.74 Å². The third-order valence-electron chi connectivity index (χ3n) is 4.51. The molecular formula is C17H27NO2. The molecule has 3 heteroatoms. The molecule has 0 aliphatic heterocycles. The number of benzene rings is 1. The highest BCUT2D eigenvalue weighted by molar-refractivity contribution is 5.20. The molecule has 1 aromatic carbocycles. The van der Waals surface area contributed by atoms with E-state index in [9.17, 15) is 5.11 Å². The van der Waals surface area contributed by atoms with E-state index in [0.717, 1.165) is 39.0 Å². The Bertz CT molecular complexity index is 382. The van der Waals surface area contributed by atoms with Gasteiger partial charge in [0.1, 0.15) is 0 Å². The van der Waals surface area contributed by atoms with Gasteiger partial charge in [-0.2, -0.15) is 0 Å². The largest absolute Gasteiger partial charge is 0.391 e. The Labute approximate surface area is 122 Å². The summed E-state index contributed by atoms with van der Waals surface area (Å²) in [6.45, 7) is 4.75. The monoisotopic (exact) mass is 277 g/mol. The Hall–Kier alpha value is -0.900. The van der Waals surface area contributed by atoms with Gasteiger partial charge < -0.3 is 9.84 Å². The Balaban J connectivity index is 2.03. The van der Waals surface area contributed by atoms with Crippen molar-refractivity contribution in [2.45, 2.75) is 44.2 Å². The van der Waals surface area contributed by atoms with Crippen LogP contribution in [0.4, 0.5) is 0 Å². The molecule has 3 atom stereocenters. The molecule has 112 valence electrons. The molecule has 1 aromatic rings. The van der Waals surface area contributed by atoms with Crippen molar-refractivity contribution in [3.8, 4) is 0 Å². The molecule has 3 nitrogen and oxygen atoms in total. The molecule has 1 fully saturated rings. The van der Waals surface area contributed by atoms with Gasteiger partial charge in [-0.3, -0.25) is 4.90 Å². The second-order valence-corrected chi connectivity index (χ2v) is 5.68. The average Bonchev–Trinajstić information content (AvgIpc) is 2.50. The number of aliphatic hydroxyl groups excluding tert-OH is 1. The fourth-order valence-corrected chi connectivity index (χ4v) is 3.32. The highest BCUT2D eigenvalue weighted by Gasteiger charge is 2.33. The van der Waals surface area contributed by atoms with Crippen molar-refractivity contribution >= 4 is 0 Å². The predicted molar refractivity (Wildman–Crippen MR) is 82.0 cm³/mol. The number of ether oxygens (including phenoxy) is 1. The Morgan fingerprint density at radius 2 is 2.00 bits per heavy atom. The zero-order valence-electron chi connectivity index (χ0n) is 12.7. The van der Waals surface area contributed by atoms with E-state index in [0.29, 0.717) is 5.92 Å². The minimum Gasteiger partial charge on any atom is -0.391 e. The smallest absolute Gasteiger partial charge is 0.0695 e. The lowest BCUT2D eigenvalue weighted by atomic mass is 9.79. The lowest BCUT2D eigenvalue weighted by molar-refractivity contribution is 0.00582. The zero-order valence-corrected chi connectivity index (χ0v) is 12.7. The van der Waals surface area contributed by atoms with Gasteiger partial charge in [-0.1, -0.05) is 37.3 Å². The molecular weight excluding hydrogens is 250 g/mol. The van der Waals surface area contributed by atoms with Crippen LogP contribution in [-0.4, -0.2) is 49.0 Å². The van der Waals surface area contributed by atoms with Gasteiger partial charge in [-0.25, -0.2) is 0 Å². The Morgan fingerprint density at radius 1 is 1.25 bits per heavy atom. The normalized spacial score (nSPS) is 26.9. The molecule has 1 N–H and O–H groups in total. The van der Waals surface area contributed by atoms with Crippen LogP contribution in [0.5, 0.6) is 0 Å². The van der Waals surface area contributed by atoms with Crippen LogP contribution in [0.1, 0.15) is 37.7 Å². The number of nitrogens with zero attached hydrogens (tertiary/aromatic N) is 1. The van der Waals surface area contributed by atoms with Crippen LogP contribution in [0.2, 0.25) is 0 Å². The maximum absolute atomic E-state index is 10.4. The second kappa shape index (κ2) is 7.77. The lowest BCUT2D eigenvalue weighted by Gasteiger charge is -2.40. The summed E-state index contributed by atoms with van der Waals surface area (Å²) in [5.74, 6) is 0.571. The third-order valence-corrected chi connectivity index (χ3v) is 4.51. The van der Waals surface area contributed by atoms with Crippen molar-refractivity contribution in [1.82, 2.24) is 4.90 Å². The summed E-state index contributed by atoms with van der Waals surface area (Å²) in [6.07, 6.45) is 2.83. The first-order valence-electron chi connectivity index (χ1n) is 7.72. The van der Waals surface area contributed by atoms with Crippen LogP contribution >= 0.6 is 0 Å². The molecule has 0 radical (unpaired) electrons. The van der Waals surface area contributed by atoms with Gasteiger partial charge in [0.15, 0.2) is 0 Å². The fourth-order valence-electron chi connectivity index (χ4n) is 3.32. The minimum atomic E-state index is -0.202. The highest BCUT2D eigenvalue weighted by atomic mass is 16.5. The molecule has 0 bridgehead atoms. The van der Waals surface area contributed by atoms with Crippen LogP contribution in [0.15, 0.2) is 30.3 Å². The SMILES string of the molecule is CCN(CCOC)C1CC(c2ccccc2)CCC1O. The van der Waals surface area contributed by atoms with Gasteiger partial charge in [0.05, 0.1) is 12.7 Å². The molecule has 0 aromatic heterocycles. The summed E-state index contributed by atoms with van der Waals surface area (Å²) in [6, 6.07) is 11.0. The average molecular weight is 277 g/mol. The Morgan fingerprint density at radius 3 is 2.65 bits per heavy atom. The van der Waals surface area contributed by atoms with E-state index in [-0.39, 0.29) is 12.1 Å². The molecule has 0 amide bonds. The van der Waals surface area contributed by atoms with Gasteiger partial charge in [0.2, 0.25) is 0 Å². The molecule has 3 unspecified atom stereocenters. The van der Waals surface area contributed by atoms with Gasteiger partial charge in [-0.15, -0.1) is 0 Å². The summed E-state index contributed by atoms with van der Waals surface area (Å²) in [5, 5.41) is 10.4. The van der Waals surface area contributed by atoms with Gasteiger partial charge >= 0.3 is 0 Å². The quantitative estimate of drug-likeness (QED) is 0.867. The van der Waals surface area contributed by atoms with Crippen molar-refractivity contribution in [2.75, 3.05) is 26.8 Å². The molecule has 1 saturated carbocycles. The summed E-state index contributed by atoms with van der Waals surface area (Å²) < 4.78 is 5.19. The number of methoxy groups -OCH3 is 1. The molecule has 0 heterocycles. The molecule has 0 saturated heterocycles. The standard InChI is InChI=1S/C17H27NO2/c1-3-18(11-12-20-2)16-13-15(9-10-17(16)19)14-7-5-4-6-8-14/h4-8,15-17,19H,3,9-13H2,1-2H3. The molecule has 20 heavy (non-hydrogen) atoms.